The van der Waals surface area contributed by atoms with Gasteiger partial charge in [0.05, 0.1) is 6.61 Å². The highest BCUT2D eigenvalue weighted by atomic mass is 79.9. The lowest BCUT2D eigenvalue weighted by Crippen LogP contribution is -2.44. The molecule has 0 spiro atoms. The van der Waals surface area contributed by atoms with Crippen molar-refractivity contribution in [1.29, 1.82) is 0 Å². The first-order chi connectivity index (χ1) is 8.91. The molecule has 3 rings (SSSR count). The molecule has 0 unspecified atom stereocenters. The Morgan fingerprint density at radius 3 is 2.68 bits per heavy atom. The highest BCUT2D eigenvalue weighted by Gasteiger charge is 2.63. The van der Waals surface area contributed by atoms with Crippen LogP contribution in [-0.2, 0) is 13.0 Å². The van der Waals surface area contributed by atoms with Gasteiger partial charge in [-0.3, -0.25) is 5.32 Å². The van der Waals surface area contributed by atoms with Crippen molar-refractivity contribution in [2.24, 2.45) is 0 Å². The van der Waals surface area contributed by atoms with Crippen LogP contribution in [0.5, 0.6) is 5.75 Å². The van der Waals surface area contributed by atoms with E-state index >= 15 is 0 Å². The maximum absolute atomic E-state index is 12.8. The normalized spacial score (nSPS) is 20.0. The fourth-order valence-corrected chi connectivity index (χ4v) is 2.98. The SMILES string of the molecule is FC(F)(F)C1(NCc2cc(Br)cc3c2OCC3)CC1. The zero-order valence-corrected chi connectivity index (χ0v) is 11.7. The van der Waals surface area contributed by atoms with Crippen LogP contribution in [0.25, 0.3) is 0 Å². The van der Waals surface area contributed by atoms with Crippen molar-refractivity contribution >= 4 is 15.9 Å². The zero-order valence-electron chi connectivity index (χ0n) is 10.1. The molecule has 2 nitrogen and oxygen atoms in total. The van der Waals surface area contributed by atoms with Gasteiger partial charge in [0.2, 0.25) is 0 Å². The van der Waals surface area contributed by atoms with Gasteiger partial charge in [0, 0.05) is 23.0 Å². The summed E-state index contributed by atoms with van der Waals surface area (Å²) in [5, 5.41) is 2.66. The second-order valence-electron chi connectivity index (χ2n) is 5.09. The molecule has 1 N–H and O–H groups in total. The van der Waals surface area contributed by atoms with Crippen molar-refractivity contribution in [2.75, 3.05) is 6.61 Å². The molecule has 104 valence electrons. The molecule has 0 aromatic heterocycles. The van der Waals surface area contributed by atoms with Crippen molar-refractivity contribution < 1.29 is 17.9 Å². The largest absolute Gasteiger partial charge is 0.493 e. The van der Waals surface area contributed by atoms with Gasteiger partial charge in [-0.15, -0.1) is 0 Å². The molecular weight excluding hydrogens is 323 g/mol. The van der Waals surface area contributed by atoms with E-state index in [1.54, 1.807) is 0 Å². The Hall–Kier alpha value is -0.750. The highest BCUT2D eigenvalue weighted by Crippen LogP contribution is 2.49. The number of hydrogen-bond acceptors (Lipinski definition) is 2. The molecule has 2 aliphatic rings. The first kappa shape index (κ1) is 13.2. The van der Waals surface area contributed by atoms with E-state index in [4.69, 9.17) is 4.74 Å². The molecule has 1 aromatic rings. The number of benzene rings is 1. The summed E-state index contributed by atoms with van der Waals surface area (Å²) in [4.78, 5) is 0. The van der Waals surface area contributed by atoms with Gasteiger partial charge in [0.15, 0.2) is 0 Å². The molecule has 1 heterocycles. The van der Waals surface area contributed by atoms with Crippen LogP contribution in [0.3, 0.4) is 0 Å². The average molecular weight is 336 g/mol. The van der Waals surface area contributed by atoms with Crippen LogP contribution < -0.4 is 10.1 Å². The summed E-state index contributed by atoms with van der Waals surface area (Å²) < 4.78 is 44.9. The number of hydrogen-bond donors (Lipinski definition) is 1. The van der Waals surface area contributed by atoms with Crippen LogP contribution in [0.1, 0.15) is 24.0 Å². The van der Waals surface area contributed by atoms with E-state index < -0.39 is 11.7 Å². The van der Waals surface area contributed by atoms with Crippen LogP contribution in [0.15, 0.2) is 16.6 Å². The Kier molecular flexibility index (Phi) is 3.05. The van der Waals surface area contributed by atoms with Gasteiger partial charge in [0.1, 0.15) is 11.3 Å². The van der Waals surface area contributed by atoms with Gasteiger partial charge in [-0.1, -0.05) is 15.9 Å². The van der Waals surface area contributed by atoms with E-state index in [2.05, 4.69) is 21.2 Å². The first-order valence-electron chi connectivity index (χ1n) is 6.17. The van der Waals surface area contributed by atoms with Crippen molar-refractivity contribution in [3.05, 3.63) is 27.7 Å². The van der Waals surface area contributed by atoms with E-state index in [9.17, 15) is 13.2 Å². The maximum atomic E-state index is 12.8. The smallest absolute Gasteiger partial charge is 0.406 e. The monoisotopic (exact) mass is 335 g/mol. The molecule has 1 aromatic carbocycles. The third-order valence-corrected chi connectivity index (χ3v) is 4.19. The van der Waals surface area contributed by atoms with Gasteiger partial charge in [-0.05, 0) is 30.5 Å². The second-order valence-corrected chi connectivity index (χ2v) is 6.00. The standard InChI is InChI=1S/C13H13BrF3NO/c14-10-5-8-1-4-19-11(8)9(6-10)7-18-12(2-3-12)13(15,16)17/h5-6,18H,1-4,7H2. The fourth-order valence-electron chi connectivity index (χ4n) is 2.43. The lowest BCUT2D eigenvalue weighted by atomic mass is 10.1. The number of ether oxygens (including phenoxy) is 1. The highest BCUT2D eigenvalue weighted by molar-refractivity contribution is 9.10. The third kappa shape index (κ3) is 2.36. The summed E-state index contributed by atoms with van der Waals surface area (Å²) in [6, 6.07) is 3.78. The molecule has 6 heteroatoms. The summed E-state index contributed by atoms with van der Waals surface area (Å²) in [6.07, 6.45) is -3.05. The molecule has 0 atom stereocenters. The van der Waals surface area contributed by atoms with E-state index in [0.717, 1.165) is 27.8 Å². The van der Waals surface area contributed by atoms with E-state index in [1.807, 2.05) is 12.1 Å². The van der Waals surface area contributed by atoms with Crippen molar-refractivity contribution in [2.45, 2.75) is 37.5 Å². The number of fused-ring (bicyclic) bond motifs is 1. The van der Waals surface area contributed by atoms with E-state index in [-0.39, 0.29) is 19.4 Å². The predicted molar refractivity (Wildman–Crippen MR) is 68.2 cm³/mol. The van der Waals surface area contributed by atoms with Crippen LogP contribution in [0, 0.1) is 0 Å². The first-order valence-corrected chi connectivity index (χ1v) is 6.96. The lowest BCUT2D eigenvalue weighted by molar-refractivity contribution is -0.166. The quantitative estimate of drug-likeness (QED) is 0.911. The van der Waals surface area contributed by atoms with Crippen molar-refractivity contribution in [1.82, 2.24) is 5.32 Å². The van der Waals surface area contributed by atoms with Crippen molar-refractivity contribution in [3.63, 3.8) is 0 Å². The average Bonchev–Trinajstić information content (AvgIpc) is 2.98. The molecule has 0 radical (unpaired) electrons. The minimum Gasteiger partial charge on any atom is -0.493 e. The maximum Gasteiger partial charge on any atom is 0.406 e. The molecule has 0 saturated heterocycles. The number of halogens is 4. The minimum atomic E-state index is -4.18. The summed E-state index contributed by atoms with van der Waals surface area (Å²) in [5.41, 5.74) is 0.168. The minimum absolute atomic E-state index is 0.160. The molecule has 1 aliphatic heterocycles. The summed E-state index contributed by atoms with van der Waals surface area (Å²) in [5.74, 6) is 0.744. The molecule has 1 aliphatic carbocycles. The summed E-state index contributed by atoms with van der Waals surface area (Å²) in [6.45, 7) is 0.782. The number of alkyl halides is 3. The molecule has 0 amide bonds. The van der Waals surface area contributed by atoms with Gasteiger partial charge in [-0.2, -0.15) is 13.2 Å². The molecular formula is C13H13BrF3NO. The molecule has 19 heavy (non-hydrogen) atoms. The lowest BCUT2D eigenvalue weighted by Gasteiger charge is -2.21. The fraction of sp³-hybridized carbons (Fsp3) is 0.538. The van der Waals surface area contributed by atoms with Gasteiger partial charge in [0.25, 0.3) is 0 Å². The summed E-state index contributed by atoms with van der Waals surface area (Å²) in [7, 11) is 0. The van der Waals surface area contributed by atoms with Crippen LogP contribution >= 0.6 is 15.9 Å². The Bertz CT molecular complexity index is 511. The van der Waals surface area contributed by atoms with Gasteiger partial charge in [-0.25, -0.2) is 0 Å². The number of nitrogens with one attached hydrogen (secondary N) is 1. The van der Waals surface area contributed by atoms with Crippen molar-refractivity contribution in [3.8, 4) is 5.75 Å². The second kappa shape index (κ2) is 4.38. The third-order valence-electron chi connectivity index (χ3n) is 3.74. The zero-order chi connectivity index (χ0) is 13.7. The van der Waals surface area contributed by atoms with Gasteiger partial charge < -0.3 is 4.74 Å². The predicted octanol–water partition coefficient (Wildman–Crippen LogP) is 3.57. The molecule has 1 saturated carbocycles. The Morgan fingerprint density at radius 1 is 1.32 bits per heavy atom. The topological polar surface area (TPSA) is 21.3 Å². The van der Waals surface area contributed by atoms with Crippen LogP contribution in [-0.4, -0.2) is 18.3 Å². The number of rotatable bonds is 3. The summed E-state index contributed by atoms with van der Waals surface area (Å²) >= 11 is 3.39. The van der Waals surface area contributed by atoms with Crippen LogP contribution in [0.4, 0.5) is 13.2 Å². The van der Waals surface area contributed by atoms with E-state index in [0.29, 0.717) is 6.61 Å². The van der Waals surface area contributed by atoms with Crippen LogP contribution in [0.2, 0.25) is 0 Å². The Labute approximate surface area is 117 Å². The van der Waals surface area contributed by atoms with Gasteiger partial charge >= 0.3 is 6.18 Å². The Morgan fingerprint density at radius 2 is 2.05 bits per heavy atom. The molecule has 1 fully saturated rings. The van der Waals surface area contributed by atoms with E-state index in [1.165, 1.54) is 0 Å². The molecule has 0 bridgehead atoms. The Balaban J connectivity index is 1.78.